The standard InChI is InChI=1S/C24H24ClF3N2O5S/c1-13(24(26,27)28)35-22-4-3-18(36(2,32)33)8-19(22)23(31)29-9-14-5-20(25)21(6-15(14)10-29)30-11-17-7-16(30)12-34-17/h3-6,8,13,16-17H,7,9-12H2,1-2H3/t13-,16-,17+/m0/s1. The van der Waals surface area contributed by atoms with E-state index in [1.807, 2.05) is 12.1 Å². The fourth-order valence-electron chi connectivity index (χ4n) is 4.90. The zero-order chi connectivity index (χ0) is 26.0. The number of anilines is 1. The first-order valence-corrected chi connectivity index (χ1v) is 13.6. The molecule has 0 unspecified atom stereocenters. The number of fused-ring (bicyclic) bond motifs is 3. The molecule has 3 heterocycles. The minimum absolute atomic E-state index is 0.178. The predicted molar refractivity (Wildman–Crippen MR) is 126 cm³/mol. The quantitative estimate of drug-likeness (QED) is 0.561. The van der Waals surface area contributed by atoms with Crippen molar-refractivity contribution >= 4 is 33.0 Å². The average molecular weight is 545 g/mol. The van der Waals surface area contributed by atoms with Gasteiger partial charge in [-0.15, -0.1) is 0 Å². The lowest BCUT2D eigenvalue weighted by atomic mass is 10.1. The van der Waals surface area contributed by atoms with Gasteiger partial charge >= 0.3 is 6.18 Å². The Balaban J connectivity index is 1.44. The maximum Gasteiger partial charge on any atom is 0.425 e. The summed E-state index contributed by atoms with van der Waals surface area (Å²) in [7, 11) is -3.72. The molecule has 0 aliphatic carbocycles. The van der Waals surface area contributed by atoms with Crippen molar-refractivity contribution in [3.8, 4) is 5.75 Å². The Kier molecular flexibility index (Phi) is 6.16. The Morgan fingerprint density at radius 1 is 1.19 bits per heavy atom. The molecule has 2 saturated heterocycles. The highest BCUT2D eigenvalue weighted by molar-refractivity contribution is 7.90. The largest absolute Gasteiger partial charge is 0.480 e. The molecule has 3 aliphatic rings. The summed E-state index contributed by atoms with van der Waals surface area (Å²) in [5, 5.41) is 0.553. The van der Waals surface area contributed by atoms with Crippen LogP contribution in [0.15, 0.2) is 35.2 Å². The molecule has 1 amide bonds. The highest BCUT2D eigenvalue weighted by Crippen LogP contribution is 2.40. The molecule has 5 rings (SSSR count). The number of amides is 1. The molecule has 12 heteroatoms. The van der Waals surface area contributed by atoms with Crippen LogP contribution >= 0.6 is 11.6 Å². The Bertz CT molecular complexity index is 1330. The molecule has 3 atom stereocenters. The number of ether oxygens (including phenoxy) is 2. The Morgan fingerprint density at radius 2 is 1.89 bits per heavy atom. The third-order valence-electron chi connectivity index (χ3n) is 6.86. The highest BCUT2D eigenvalue weighted by Gasteiger charge is 2.41. The molecule has 2 aromatic rings. The minimum atomic E-state index is -4.66. The summed E-state index contributed by atoms with van der Waals surface area (Å²) < 4.78 is 74.3. The number of carbonyl (C=O) groups is 1. The van der Waals surface area contributed by atoms with Gasteiger partial charge in [-0.1, -0.05) is 11.6 Å². The number of carbonyl (C=O) groups excluding carboxylic acids is 1. The molecule has 36 heavy (non-hydrogen) atoms. The van der Waals surface area contributed by atoms with Crippen LogP contribution in [0.25, 0.3) is 0 Å². The molecule has 2 fully saturated rings. The fraction of sp³-hybridized carbons (Fsp3) is 0.458. The smallest absolute Gasteiger partial charge is 0.425 e. The van der Waals surface area contributed by atoms with Crippen LogP contribution in [-0.2, 0) is 27.7 Å². The number of alkyl halides is 3. The molecule has 194 valence electrons. The molecule has 0 spiro atoms. The number of sulfone groups is 1. The highest BCUT2D eigenvalue weighted by atomic mass is 35.5. The number of rotatable bonds is 5. The maximum absolute atomic E-state index is 13.5. The van der Waals surface area contributed by atoms with Crippen molar-refractivity contribution in [3.63, 3.8) is 0 Å². The lowest BCUT2D eigenvalue weighted by Crippen LogP contribution is -2.37. The van der Waals surface area contributed by atoms with Gasteiger partial charge in [0.2, 0.25) is 0 Å². The zero-order valence-corrected chi connectivity index (χ0v) is 21.1. The van der Waals surface area contributed by atoms with E-state index in [1.165, 1.54) is 4.90 Å². The van der Waals surface area contributed by atoms with Crippen LogP contribution in [0.3, 0.4) is 0 Å². The van der Waals surface area contributed by atoms with Crippen LogP contribution in [0.1, 0.15) is 34.8 Å². The molecule has 0 N–H and O–H groups in total. The van der Waals surface area contributed by atoms with E-state index >= 15 is 0 Å². The van der Waals surface area contributed by atoms with E-state index in [9.17, 15) is 26.4 Å². The van der Waals surface area contributed by atoms with Gasteiger partial charge in [0.25, 0.3) is 5.91 Å². The maximum atomic E-state index is 13.5. The van der Waals surface area contributed by atoms with Gasteiger partial charge in [0.1, 0.15) is 5.75 Å². The molecule has 3 aliphatic heterocycles. The molecule has 2 bridgehead atoms. The average Bonchev–Trinajstić information content (AvgIpc) is 3.52. The van der Waals surface area contributed by atoms with Crippen LogP contribution in [-0.4, -0.2) is 63.1 Å². The van der Waals surface area contributed by atoms with Crippen LogP contribution in [0.5, 0.6) is 5.75 Å². The van der Waals surface area contributed by atoms with Gasteiger partial charge in [-0.25, -0.2) is 8.42 Å². The summed E-state index contributed by atoms with van der Waals surface area (Å²) in [5.74, 6) is -0.965. The number of nitrogens with zero attached hydrogens (tertiary/aromatic N) is 2. The number of hydrogen-bond acceptors (Lipinski definition) is 6. The topological polar surface area (TPSA) is 76.2 Å². The number of halogens is 4. The van der Waals surface area contributed by atoms with E-state index in [4.69, 9.17) is 21.1 Å². The minimum Gasteiger partial charge on any atom is -0.480 e. The number of hydrogen-bond donors (Lipinski definition) is 0. The second kappa shape index (κ2) is 8.81. The Hall–Kier alpha value is -2.50. The number of benzene rings is 2. The third-order valence-corrected chi connectivity index (χ3v) is 8.28. The van der Waals surface area contributed by atoms with E-state index < -0.39 is 28.0 Å². The Labute approximate surface area is 211 Å². The van der Waals surface area contributed by atoms with Gasteiger partial charge in [0, 0.05) is 25.9 Å². The SMILES string of the molecule is C[C@H](Oc1ccc(S(C)(=O)=O)cc1C(=O)N1Cc2cc(Cl)c(N3C[C@H]4C[C@H]3CO4)cc2C1)C(F)(F)F. The van der Waals surface area contributed by atoms with Crippen LogP contribution in [0, 0.1) is 0 Å². The van der Waals surface area contributed by atoms with Gasteiger partial charge in [0.15, 0.2) is 15.9 Å². The van der Waals surface area contributed by atoms with Crippen molar-refractivity contribution < 1.29 is 35.9 Å². The molecular weight excluding hydrogens is 521 g/mol. The summed E-state index contributed by atoms with van der Waals surface area (Å²) in [6, 6.07) is 7.29. The molecule has 0 saturated carbocycles. The lowest BCUT2D eigenvalue weighted by Gasteiger charge is -2.30. The first-order chi connectivity index (χ1) is 16.8. The lowest BCUT2D eigenvalue weighted by molar-refractivity contribution is -0.189. The summed E-state index contributed by atoms with van der Waals surface area (Å²) in [6.07, 6.45) is -4.77. The Morgan fingerprint density at radius 3 is 2.47 bits per heavy atom. The van der Waals surface area contributed by atoms with Crippen molar-refractivity contribution in [2.45, 2.75) is 55.8 Å². The van der Waals surface area contributed by atoms with Gasteiger partial charge in [-0.05, 0) is 54.8 Å². The van der Waals surface area contributed by atoms with E-state index in [0.717, 1.165) is 61.2 Å². The van der Waals surface area contributed by atoms with E-state index in [-0.39, 0.29) is 41.4 Å². The van der Waals surface area contributed by atoms with Gasteiger partial charge in [-0.2, -0.15) is 13.2 Å². The first kappa shape index (κ1) is 25.2. The van der Waals surface area contributed by atoms with Crippen LogP contribution in [0.2, 0.25) is 5.02 Å². The fourth-order valence-corrected chi connectivity index (χ4v) is 5.85. The van der Waals surface area contributed by atoms with E-state index in [0.29, 0.717) is 11.6 Å². The summed E-state index contributed by atoms with van der Waals surface area (Å²) in [6.45, 7) is 2.58. The van der Waals surface area contributed by atoms with E-state index in [2.05, 4.69) is 4.90 Å². The van der Waals surface area contributed by atoms with Crippen molar-refractivity contribution in [1.82, 2.24) is 4.90 Å². The molecule has 0 aromatic heterocycles. The van der Waals surface area contributed by atoms with Crippen LogP contribution < -0.4 is 9.64 Å². The molecule has 0 radical (unpaired) electrons. The number of morpholine rings is 1. The van der Waals surface area contributed by atoms with Crippen molar-refractivity contribution in [2.24, 2.45) is 0 Å². The van der Waals surface area contributed by atoms with Gasteiger partial charge < -0.3 is 19.3 Å². The summed E-state index contributed by atoms with van der Waals surface area (Å²) >= 11 is 6.59. The first-order valence-electron chi connectivity index (χ1n) is 11.4. The van der Waals surface area contributed by atoms with Gasteiger partial charge in [0.05, 0.1) is 39.9 Å². The monoisotopic (exact) mass is 544 g/mol. The second-order valence-electron chi connectivity index (χ2n) is 9.46. The molecule has 2 aromatic carbocycles. The predicted octanol–water partition coefficient (Wildman–Crippen LogP) is 4.21. The van der Waals surface area contributed by atoms with Crippen molar-refractivity contribution in [2.75, 3.05) is 24.3 Å². The normalized spacial score (nSPS) is 22.2. The summed E-state index contributed by atoms with van der Waals surface area (Å²) in [5.41, 5.74) is 2.31. The molecule has 7 nitrogen and oxygen atoms in total. The molecular formula is C24H24ClF3N2O5S. The van der Waals surface area contributed by atoms with E-state index in [1.54, 1.807) is 0 Å². The van der Waals surface area contributed by atoms with Crippen LogP contribution in [0.4, 0.5) is 18.9 Å². The van der Waals surface area contributed by atoms with Crippen molar-refractivity contribution in [3.05, 3.63) is 52.0 Å². The third kappa shape index (κ3) is 4.64. The van der Waals surface area contributed by atoms with Gasteiger partial charge in [-0.3, -0.25) is 4.79 Å². The zero-order valence-electron chi connectivity index (χ0n) is 19.5. The second-order valence-corrected chi connectivity index (χ2v) is 11.9. The summed E-state index contributed by atoms with van der Waals surface area (Å²) in [4.78, 5) is 16.9. The van der Waals surface area contributed by atoms with Crippen molar-refractivity contribution in [1.29, 1.82) is 0 Å².